The highest BCUT2D eigenvalue weighted by Gasteiger charge is 2.18. The van der Waals surface area contributed by atoms with E-state index in [2.05, 4.69) is 15.1 Å². The first-order valence-electron chi connectivity index (χ1n) is 7.20. The molecular formula is C16H12N4O3S. The fraction of sp³-hybridized carbons (Fsp3) is 0.125. The summed E-state index contributed by atoms with van der Waals surface area (Å²) in [5, 5.41) is 5.78. The van der Waals surface area contributed by atoms with Crippen LogP contribution in [0.3, 0.4) is 0 Å². The summed E-state index contributed by atoms with van der Waals surface area (Å²) >= 11 is 1.54. The zero-order valence-electron chi connectivity index (χ0n) is 12.7. The van der Waals surface area contributed by atoms with Gasteiger partial charge in [0.05, 0.1) is 11.4 Å². The quantitative estimate of drug-likeness (QED) is 0.567. The molecule has 0 unspecified atom stereocenters. The van der Waals surface area contributed by atoms with E-state index in [0.29, 0.717) is 28.9 Å². The molecule has 0 saturated carbocycles. The molecule has 24 heavy (non-hydrogen) atoms. The number of aromatic nitrogens is 4. The molecule has 4 aromatic heterocycles. The lowest BCUT2D eigenvalue weighted by Crippen LogP contribution is -2.17. The third kappa shape index (κ3) is 2.56. The second kappa shape index (κ2) is 5.89. The molecule has 0 amide bonds. The summed E-state index contributed by atoms with van der Waals surface area (Å²) in [5.74, 6) is 0.997. The fourth-order valence-electron chi connectivity index (χ4n) is 2.32. The minimum Gasteiger partial charge on any atom is -0.440 e. The van der Waals surface area contributed by atoms with E-state index in [0.717, 1.165) is 4.88 Å². The molecule has 0 aromatic carbocycles. The molecule has 0 bridgehead atoms. The van der Waals surface area contributed by atoms with Gasteiger partial charge in [-0.15, -0.1) is 11.3 Å². The Morgan fingerprint density at radius 2 is 2.17 bits per heavy atom. The monoisotopic (exact) mass is 340 g/mol. The Morgan fingerprint density at radius 1 is 1.25 bits per heavy atom. The van der Waals surface area contributed by atoms with Gasteiger partial charge in [0.2, 0.25) is 11.7 Å². The Balaban J connectivity index is 1.72. The third-order valence-corrected chi connectivity index (χ3v) is 4.37. The van der Waals surface area contributed by atoms with Crippen molar-refractivity contribution in [2.75, 3.05) is 0 Å². The molecule has 0 saturated heterocycles. The molecule has 0 aliphatic rings. The molecule has 0 atom stereocenters. The smallest absolute Gasteiger partial charge is 0.440 e. The van der Waals surface area contributed by atoms with E-state index in [-0.39, 0.29) is 6.54 Å². The van der Waals surface area contributed by atoms with Crippen molar-refractivity contribution in [1.29, 1.82) is 0 Å². The largest absolute Gasteiger partial charge is 0.442 e. The van der Waals surface area contributed by atoms with Crippen molar-refractivity contribution in [3.05, 3.63) is 63.9 Å². The highest BCUT2D eigenvalue weighted by Crippen LogP contribution is 2.26. The zero-order chi connectivity index (χ0) is 16.5. The predicted molar refractivity (Wildman–Crippen MR) is 87.6 cm³/mol. The first-order chi connectivity index (χ1) is 11.7. The van der Waals surface area contributed by atoms with Crippen molar-refractivity contribution in [3.8, 4) is 22.3 Å². The maximum Gasteiger partial charge on any atom is 0.442 e. The number of hydrogen-bond donors (Lipinski definition) is 0. The van der Waals surface area contributed by atoms with E-state index in [9.17, 15) is 4.79 Å². The summed E-state index contributed by atoms with van der Waals surface area (Å²) in [7, 11) is 0. The van der Waals surface area contributed by atoms with Crippen molar-refractivity contribution >= 4 is 11.3 Å². The summed E-state index contributed by atoms with van der Waals surface area (Å²) in [6, 6.07) is 9.25. The van der Waals surface area contributed by atoms with Crippen LogP contribution in [0.2, 0.25) is 0 Å². The number of hydrogen-bond acceptors (Lipinski definition) is 7. The molecule has 0 aliphatic carbocycles. The number of rotatable bonds is 4. The number of aryl methyl sites for hydroxylation is 1. The summed E-state index contributed by atoms with van der Waals surface area (Å²) in [4.78, 5) is 21.7. The Kier molecular flexibility index (Phi) is 3.58. The normalized spacial score (nSPS) is 11.0. The fourth-order valence-corrected chi connectivity index (χ4v) is 2.97. The second-order valence-electron chi connectivity index (χ2n) is 5.07. The molecule has 4 aromatic rings. The van der Waals surface area contributed by atoms with Crippen LogP contribution in [0.25, 0.3) is 22.3 Å². The maximum atomic E-state index is 12.0. The minimum absolute atomic E-state index is 0.203. The molecule has 120 valence electrons. The van der Waals surface area contributed by atoms with Gasteiger partial charge in [-0.3, -0.25) is 9.51 Å². The molecule has 4 rings (SSSR count). The van der Waals surface area contributed by atoms with Crippen LogP contribution in [-0.4, -0.2) is 19.7 Å². The molecule has 0 radical (unpaired) electrons. The van der Waals surface area contributed by atoms with Gasteiger partial charge in [-0.05, 0) is 30.5 Å². The van der Waals surface area contributed by atoms with Crippen LogP contribution in [0.1, 0.15) is 11.5 Å². The number of nitrogens with zero attached hydrogens (tertiary/aromatic N) is 4. The van der Waals surface area contributed by atoms with Gasteiger partial charge in [0.25, 0.3) is 0 Å². The van der Waals surface area contributed by atoms with Gasteiger partial charge in [0.1, 0.15) is 17.1 Å². The maximum absolute atomic E-state index is 12.0. The molecule has 4 heterocycles. The van der Waals surface area contributed by atoms with Crippen LogP contribution in [0.5, 0.6) is 0 Å². The predicted octanol–water partition coefficient (Wildman–Crippen LogP) is 2.97. The second-order valence-corrected chi connectivity index (χ2v) is 6.02. The summed E-state index contributed by atoms with van der Waals surface area (Å²) in [6.07, 6.45) is 1.63. The SMILES string of the molecule is Cc1oc(-c2cccs2)nc1Cn1c(-c2ccccn2)noc1=O. The highest BCUT2D eigenvalue weighted by molar-refractivity contribution is 7.13. The van der Waals surface area contributed by atoms with Gasteiger partial charge in [-0.2, -0.15) is 0 Å². The molecule has 0 aliphatic heterocycles. The molecule has 0 spiro atoms. The summed E-state index contributed by atoms with van der Waals surface area (Å²) < 4.78 is 11.9. The molecule has 0 fully saturated rings. The highest BCUT2D eigenvalue weighted by atomic mass is 32.1. The lowest BCUT2D eigenvalue weighted by molar-refractivity contribution is 0.377. The van der Waals surface area contributed by atoms with E-state index in [1.165, 1.54) is 4.57 Å². The van der Waals surface area contributed by atoms with Crippen LogP contribution >= 0.6 is 11.3 Å². The zero-order valence-corrected chi connectivity index (χ0v) is 13.5. The van der Waals surface area contributed by atoms with Crippen LogP contribution in [0.15, 0.2) is 55.6 Å². The van der Waals surface area contributed by atoms with Gasteiger partial charge < -0.3 is 4.42 Å². The summed E-state index contributed by atoms with van der Waals surface area (Å²) in [5.41, 5.74) is 1.21. The van der Waals surface area contributed by atoms with E-state index < -0.39 is 5.76 Å². The van der Waals surface area contributed by atoms with Crippen molar-refractivity contribution < 1.29 is 8.94 Å². The van der Waals surface area contributed by atoms with Crippen LogP contribution in [0, 0.1) is 6.92 Å². The van der Waals surface area contributed by atoms with E-state index in [4.69, 9.17) is 8.94 Å². The Labute approximate surface area is 140 Å². The van der Waals surface area contributed by atoms with Crippen molar-refractivity contribution in [3.63, 3.8) is 0 Å². The van der Waals surface area contributed by atoms with Crippen LogP contribution in [0.4, 0.5) is 0 Å². The molecular weight excluding hydrogens is 328 g/mol. The minimum atomic E-state index is -0.560. The van der Waals surface area contributed by atoms with Crippen LogP contribution < -0.4 is 5.76 Å². The average Bonchev–Trinajstić information content (AvgIpc) is 3.31. The number of pyridine rings is 1. The topological polar surface area (TPSA) is 86.9 Å². The summed E-state index contributed by atoms with van der Waals surface area (Å²) in [6.45, 7) is 2.02. The van der Waals surface area contributed by atoms with Crippen molar-refractivity contribution in [2.45, 2.75) is 13.5 Å². The molecule has 7 nitrogen and oxygen atoms in total. The van der Waals surface area contributed by atoms with Gasteiger partial charge in [0, 0.05) is 6.20 Å². The van der Waals surface area contributed by atoms with E-state index in [1.54, 1.807) is 29.7 Å². The van der Waals surface area contributed by atoms with E-state index >= 15 is 0 Å². The average molecular weight is 340 g/mol. The molecule has 0 N–H and O–H groups in total. The standard InChI is InChI=1S/C16H12N4O3S/c1-10-12(18-15(22-10)13-6-4-8-24-13)9-20-14(19-23-16(20)21)11-5-2-3-7-17-11/h2-8H,9H2,1H3. The number of thiophene rings is 1. The van der Waals surface area contributed by atoms with Gasteiger partial charge >= 0.3 is 5.76 Å². The number of oxazole rings is 1. The van der Waals surface area contributed by atoms with E-state index in [1.807, 2.05) is 30.5 Å². The van der Waals surface area contributed by atoms with Crippen molar-refractivity contribution in [1.82, 2.24) is 19.7 Å². The lowest BCUT2D eigenvalue weighted by Gasteiger charge is -2.01. The molecule has 8 heteroatoms. The third-order valence-electron chi connectivity index (χ3n) is 3.51. The lowest BCUT2D eigenvalue weighted by atomic mass is 10.3. The van der Waals surface area contributed by atoms with Gasteiger partial charge in [-0.1, -0.05) is 17.3 Å². The first-order valence-corrected chi connectivity index (χ1v) is 8.08. The van der Waals surface area contributed by atoms with Crippen molar-refractivity contribution in [2.24, 2.45) is 0 Å². The van der Waals surface area contributed by atoms with Gasteiger partial charge in [0.15, 0.2) is 0 Å². The van der Waals surface area contributed by atoms with Crippen LogP contribution in [-0.2, 0) is 6.54 Å². The Hall–Kier alpha value is -3.00. The Bertz CT molecular complexity index is 1020. The van der Waals surface area contributed by atoms with Gasteiger partial charge in [-0.25, -0.2) is 14.3 Å². The Morgan fingerprint density at radius 3 is 2.92 bits per heavy atom. The first kappa shape index (κ1) is 14.6.